The zero-order chi connectivity index (χ0) is 26.9. The van der Waals surface area contributed by atoms with Crippen molar-refractivity contribution >= 4 is 34.7 Å². The second-order valence-corrected chi connectivity index (χ2v) is 8.81. The third-order valence-electron chi connectivity index (χ3n) is 6.18. The lowest BCUT2D eigenvalue weighted by molar-refractivity contribution is -0.138. The molecule has 3 N–H and O–H groups in total. The molecule has 0 unspecified atom stereocenters. The minimum absolute atomic E-state index is 0.00297. The van der Waals surface area contributed by atoms with Gasteiger partial charge in [0.05, 0.1) is 16.9 Å². The second-order valence-electron chi connectivity index (χ2n) is 8.81. The number of aromatic hydroxyl groups is 1. The number of hydrazone groups is 1. The first-order chi connectivity index (χ1) is 17.5. The predicted molar refractivity (Wildman–Crippen MR) is 133 cm³/mol. The van der Waals surface area contributed by atoms with E-state index < -0.39 is 23.6 Å². The largest absolute Gasteiger partial charge is 0.506 e. The monoisotopic (exact) mass is 511 g/mol. The van der Waals surface area contributed by atoms with Gasteiger partial charge in [0.1, 0.15) is 5.75 Å². The Morgan fingerprint density at radius 3 is 2.43 bits per heavy atom. The van der Waals surface area contributed by atoms with Crippen molar-refractivity contribution in [1.82, 2.24) is 0 Å². The molecule has 4 rings (SSSR count). The van der Waals surface area contributed by atoms with Gasteiger partial charge in [0.25, 0.3) is 5.91 Å². The van der Waals surface area contributed by atoms with Crippen LogP contribution in [-0.4, -0.2) is 27.8 Å². The Morgan fingerprint density at radius 2 is 1.78 bits per heavy atom. The number of alkyl halides is 3. The number of nitrogens with zero attached hydrogens (tertiary/aromatic N) is 2. The quantitative estimate of drug-likeness (QED) is 0.270. The topological polar surface area (TPSA) is 102 Å². The van der Waals surface area contributed by atoms with Crippen molar-refractivity contribution < 1.29 is 33.0 Å². The van der Waals surface area contributed by atoms with Gasteiger partial charge >= 0.3 is 12.1 Å². The number of carbonyl (C=O) groups excluding carboxylic acids is 1. The van der Waals surface area contributed by atoms with Gasteiger partial charge in [0, 0.05) is 17.7 Å². The van der Waals surface area contributed by atoms with Crippen molar-refractivity contribution in [2.75, 3.05) is 10.3 Å². The maximum atomic E-state index is 13.5. The first kappa shape index (κ1) is 25.7. The molecule has 1 amide bonds. The Kier molecular flexibility index (Phi) is 6.93. The number of carbonyl (C=O) groups is 2. The molecule has 1 aliphatic heterocycles. The molecule has 1 aliphatic rings. The molecule has 0 bridgehead atoms. The predicted octanol–water partition coefficient (Wildman–Crippen LogP) is 5.93. The number of hydrogen-bond acceptors (Lipinski definition) is 5. The van der Waals surface area contributed by atoms with Crippen LogP contribution >= 0.6 is 0 Å². The molecule has 0 aliphatic carbocycles. The van der Waals surface area contributed by atoms with E-state index in [-0.39, 0.29) is 34.8 Å². The average molecular weight is 512 g/mol. The Hall–Kier alpha value is -4.34. The summed E-state index contributed by atoms with van der Waals surface area (Å²) in [5.74, 6) is -1.69. The van der Waals surface area contributed by atoms with Gasteiger partial charge < -0.3 is 10.2 Å². The number of fused-ring (bicyclic) bond motifs is 1. The van der Waals surface area contributed by atoms with Crippen LogP contribution in [0.3, 0.4) is 0 Å². The lowest BCUT2D eigenvalue weighted by atomic mass is 10.1. The molecule has 0 spiro atoms. The highest BCUT2D eigenvalue weighted by atomic mass is 19.4. The summed E-state index contributed by atoms with van der Waals surface area (Å²) < 4.78 is 40.4. The van der Waals surface area contributed by atoms with Gasteiger partial charge in [-0.05, 0) is 85.8 Å². The number of rotatable bonds is 7. The first-order valence-corrected chi connectivity index (χ1v) is 11.5. The molecule has 0 atom stereocenters. The van der Waals surface area contributed by atoms with E-state index >= 15 is 0 Å². The van der Waals surface area contributed by atoms with E-state index in [2.05, 4.69) is 10.5 Å². The molecule has 0 saturated carbocycles. The van der Waals surface area contributed by atoms with E-state index in [1.165, 1.54) is 23.1 Å². The third kappa shape index (κ3) is 5.42. The number of anilines is 3. The summed E-state index contributed by atoms with van der Waals surface area (Å²) in [4.78, 5) is 25.3. The molecular formula is C27H24F3N3O4. The Bertz CT molecular complexity index is 1420. The van der Waals surface area contributed by atoms with Crippen LogP contribution in [0.2, 0.25) is 0 Å². The third-order valence-corrected chi connectivity index (χ3v) is 6.18. The summed E-state index contributed by atoms with van der Waals surface area (Å²) in [6.07, 6.45) is -3.73. The normalized spacial score (nSPS) is 14.2. The van der Waals surface area contributed by atoms with E-state index in [0.717, 1.165) is 28.8 Å². The molecule has 7 nitrogen and oxygen atoms in total. The SMILES string of the molecule is Cc1ccc(N2C(=O)C(=NNc3ccc(CCCC(=O)O)cc3O)c3ccc(C(F)(F)F)cc32)cc1C. The Labute approximate surface area is 210 Å². The number of phenols is 1. The van der Waals surface area contributed by atoms with Gasteiger partial charge in [-0.25, -0.2) is 0 Å². The van der Waals surface area contributed by atoms with Crippen molar-refractivity contribution in [2.45, 2.75) is 39.3 Å². The van der Waals surface area contributed by atoms with Crippen LogP contribution in [0.4, 0.5) is 30.2 Å². The summed E-state index contributed by atoms with van der Waals surface area (Å²) >= 11 is 0. The van der Waals surface area contributed by atoms with E-state index in [1.807, 2.05) is 13.8 Å². The van der Waals surface area contributed by atoms with Crippen molar-refractivity contribution in [1.29, 1.82) is 0 Å². The van der Waals surface area contributed by atoms with Crippen LogP contribution in [0.25, 0.3) is 0 Å². The fraction of sp³-hybridized carbons (Fsp3) is 0.222. The maximum absolute atomic E-state index is 13.5. The highest BCUT2D eigenvalue weighted by molar-refractivity contribution is 6.55. The summed E-state index contributed by atoms with van der Waals surface area (Å²) in [5.41, 5.74) is 5.07. The fourth-order valence-electron chi connectivity index (χ4n) is 4.04. The number of halogens is 3. The summed E-state index contributed by atoms with van der Waals surface area (Å²) in [7, 11) is 0. The van der Waals surface area contributed by atoms with Crippen molar-refractivity contribution in [3.05, 3.63) is 82.4 Å². The molecule has 0 radical (unpaired) electrons. The molecule has 3 aromatic rings. The van der Waals surface area contributed by atoms with E-state index in [1.54, 1.807) is 24.3 Å². The molecule has 10 heteroatoms. The first-order valence-electron chi connectivity index (χ1n) is 11.5. The number of aliphatic carboxylic acids is 1. The molecule has 1 heterocycles. The zero-order valence-electron chi connectivity index (χ0n) is 20.1. The van der Waals surface area contributed by atoms with Crippen molar-refractivity contribution in [3.8, 4) is 5.75 Å². The number of carboxylic acid groups (broad SMARTS) is 1. The van der Waals surface area contributed by atoms with Crippen LogP contribution in [0.1, 0.15) is 40.7 Å². The van der Waals surface area contributed by atoms with E-state index in [9.17, 15) is 27.9 Å². The zero-order valence-corrected chi connectivity index (χ0v) is 20.1. The number of benzene rings is 3. The lowest BCUT2D eigenvalue weighted by Gasteiger charge is -2.19. The minimum atomic E-state index is -4.59. The van der Waals surface area contributed by atoms with Gasteiger partial charge in [-0.1, -0.05) is 12.1 Å². The van der Waals surface area contributed by atoms with Crippen LogP contribution in [0, 0.1) is 13.8 Å². The summed E-state index contributed by atoms with van der Waals surface area (Å²) in [6.45, 7) is 3.73. The molecule has 192 valence electrons. The standard InChI is InChI=1S/C27H24F3N3O4/c1-15-6-9-19(12-16(15)2)33-22-14-18(27(28,29)30)8-10-20(22)25(26(33)37)32-31-21-11-7-17(13-23(21)34)4-3-5-24(35)36/h6-14,31,34H,3-5H2,1-2H3,(H,35,36). The minimum Gasteiger partial charge on any atom is -0.506 e. The molecule has 0 aromatic heterocycles. The Balaban J connectivity index is 1.68. The highest BCUT2D eigenvalue weighted by Crippen LogP contribution is 2.40. The van der Waals surface area contributed by atoms with Gasteiger partial charge in [-0.15, -0.1) is 0 Å². The number of phenolic OH excluding ortho intramolecular Hbond substituents is 1. The summed E-state index contributed by atoms with van der Waals surface area (Å²) in [5, 5.41) is 23.3. The highest BCUT2D eigenvalue weighted by Gasteiger charge is 2.39. The van der Waals surface area contributed by atoms with Crippen LogP contribution in [-0.2, 0) is 22.2 Å². The number of carboxylic acids is 1. The van der Waals surface area contributed by atoms with Gasteiger partial charge in [-0.3, -0.25) is 19.9 Å². The smallest absolute Gasteiger partial charge is 0.416 e. The van der Waals surface area contributed by atoms with Crippen molar-refractivity contribution in [3.63, 3.8) is 0 Å². The number of aryl methyl sites for hydroxylation is 3. The molecule has 0 saturated heterocycles. The van der Waals surface area contributed by atoms with E-state index in [0.29, 0.717) is 18.5 Å². The number of hydrogen-bond donors (Lipinski definition) is 3. The number of amides is 1. The molecular weight excluding hydrogens is 487 g/mol. The average Bonchev–Trinajstić information content (AvgIpc) is 3.10. The number of nitrogens with one attached hydrogen (secondary N) is 1. The van der Waals surface area contributed by atoms with Gasteiger partial charge in [-0.2, -0.15) is 18.3 Å². The lowest BCUT2D eigenvalue weighted by Crippen LogP contribution is -2.26. The second kappa shape index (κ2) is 9.96. The maximum Gasteiger partial charge on any atom is 0.416 e. The van der Waals surface area contributed by atoms with Crippen LogP contribution in [0.5, 0.6) is 5.75 Å². The Morgan fingerprint density at radius 1 is 1.03 bits per heavy atom. The fourth-order valence-corrected chi connectivity index (χ4v) is 4.04. The van der Waals surface area contributed by atoms with Crippen LogP contribution < -0.4 is 10.3 Å². The van der Waals surface area contributed by atoms with Crippen molar-refractivity contribution in [2.24, 2.45) is 5.10 Å². The van der Waals surface area contributed by atoms with Gasteiger partial charge in [0.2, 0.25) is 0 Å². The van der Waals surface area contributed by atoms with Crippen LogP contribution in [0.15, 0.2) is 59.7 Å². The van der Waals surface area contributed by atoms with Gasteiger partial charge in [0.15, 0.2) is 5.71 Å². The molecule has 37 heavy (non-hydrogen) atoms. The molecule has 3 aromatic carbocycles. The molecule has 0 fully saturated rings. The van der Waals surface area contributed by atoms with E-state index in [4.69, 9.17) is 5.11 Å². The summed E-state index contributed by atoms with van der Waals surface area (Å²) in [6, 6.07) is 12.9.